The molecule has 0 saturated heterocycles. The van der Waals surface area contributed by atoms with Gasteiger partial charge in [0, 0.05) is 18.9 Å². The molecule has 0 fully saturated rings. The summed E-state index contributed by atoms with van der Waals surface area (Å²) in [6.45, 7) is 0.106. The molecule has 2 aromatic carbocycles. The molecule has 1 aliphatic rings. The second-order valence-corrected chi connectivity index (χ2v) is 7.91. The highest BCUT2D eigenvalue weighted by Crippen LogP contribution is 2.43. The van der Waals surface area contributed by atoms with Gasteiger partial charge in [-0.1, -0.05) is 6.07 Å². The Hall–Kier alpha value is -2.61. The second-order valence-electron chi connectivity index (χ2n) is 6.05. The molecule has 1 N–H and O–H groups in total. The lowest BCUT2D eigenvalue weighted by Crippen LogP contribution is -2.30. The summed E-state index contributed by atoms with van der Waals surface area (Å²) >= 11 is 0. The molecule has 0 bridgehead atoms. The van der Waals surface area contributed by atoms with Crippen LogP contribution in [0.3, 0.4) is 0 Å². The van der Waals surface area contributed by atoms with E-state index in [0.29, 0.717) is 23.4 Å². The Labute approximate surface area is 150 Å². The number of aliphatic carboxylic acids is 1. The highest BCUT2D eigenvalue weighted by Gasteiger charge is 2.37. The minimum absolute atomic E-state index is 0.0742. The lowest BCUT2D eigenvalue weighted by atomic mass is 9.96. The number of anilines is 1. The molecule has 3 rings (SSSR count). The molecular formula is C18H18FNO5S. The van der Waals surface area contributed by atoms with Crippen LogP contribution >= 0.6 is 0 Å². The molecule has 0 aliphatic carbocycles. The molecule has 1 unspecified atom stereocenters. The third-order valence-corrected chi connectivity index (χ3v) is 6.20. The van der Waals surface area contributed by atoms with Crippen LogP contribution in [0.15, 0.2) is 47.4 Å². The summed E-state index contributed by atoms with van der Waals surface area (Å²) in [5.41, 5.74) is 1.18. The summed E-state index contributed by atoms with van der Waals surface area (Å²) in [6.07, 6.45) is 0.222. The molecule has 26 heavy (non-hydrogen) atoms. The highest BCUT2D eigenvalue weighted by atomic mass is 32.2. The van der Waals surface area contributed by atoms with Crippen LogP contribution in [0, 0.1) is 5.82 Å². The number of carbonyl (C=O) groups is 1. The molecule has 0 spiro atoms. The van der Waals surface area contributed by atoms with E-state index in [1.807, 2.05) is 0 Å². The molecule has 0 saturated carbocycles. The standard InChI is InChI=1S/C18H18FNO5S/c1-25-14-6-7-17-16(10-14)12(5-8-18(21)22)11-20(17)26(23,24)15-4-2-3-13(19)9-15/h2-4,6-7,9-10,12H,5,8,11H2,1H3,(H,21,22). The van der Waals surface area contributed by atoms with Crippen molar-refractivity contribution in [1.82, 2.24) is 0 Å². The van der Waals surface area contributed by atoms with Gasteiger partial charge in [-0.25, -0.2) is 12.8 Å². The van der Waals surface area contributed by atoms with E-state index in [1.54, 1.807) is 18.2 Å². The summed E-state index contributed by atoms with van der Waals surface area (Å²) in [5.74, 6) is -1.29. The number of benzene rings is 2. The molecule has 0 amide bonds. The Balaban J connectivity index is 2.03. The minimum atomic E-state index is -3.96. The predicted molar refractivity (Wildman–Crippen MR) is 93.5 cm³/mol. The van der Waals surface area contributed by atoms with E-state index in [4.69, 9.17) is 9.84 Å². The fourth-order valence-corrected chi connectivity index (χ4v) is 4.71. The fourth-order valence-electron chi connectivity index (χ4n) is 3.14. The quantitative estimate of drug-likeness (QED) is 0.834. The summed E-state index contributed by atoms with van der Waals surface area (Å²) in [4.78, 5) is 10.8. The number of methoxy groups -OCH3 is 1. The fraction of sp³-hybridized carbons (Fsp3) is 0.278. The summed E-state index contributed by atoms with van der Waals surface area (Å²) in [6, 6.07) is 9.84. The molecule has 1 aliphatic heterocycles. The number of carboxylic acid groups (broad SMARTS) is 1. The Morgan fingerprint density at radius 1 is 1.31 bits per heavy atom. The van der Waals surface area contributed by atoms with Crippen LogP contribution in [-0.4, -0.2) is 33.1 Å². The van der Waals surface area contributed by atoms with E-state index in [1.165, 1.54) is 29.6 Å². The Kier molecular flexibility index (Phi) is 4.86. The molecule has 1 heterocycles. The van der Waals surface area contributed by atoms with E-state index in [0.717, 1.165) is 6.07 Å². The van der Waals surface area contributed by atoms with Crippen LogP contribution < -0.4 is 9.04 Å². The summed E-state index contributed by atoms with van der Waals surface area (Å²) in [7, 11) is -2.46. The topological polar surface area (TPSA) is 83.9 Å². The summed E-state index contributed by atoms with van der Waals surface area (Å²) in [5, 5.41) is 8.96. The first kappa shape index (κ1) is 18.2. The number of fused-ring (bicyclic) bond motifs is 1. The van der Waals surface area contributed by atoms with E-state index in [2.05, 4.69) is 0 Å². The van der Waals surface area contributed by atoms with E-state index >= 15 is 0 Å². The third-order valence-electron chi connectivity index (χ3n) is 4.42. The van der Waals surface area contributed by atoms with Gasteiger partial charge in [0.1, 0.15) is 11.6 Å². The van der Waals surface area contributed by atoms with Crippen LogP contribution in [0.4, 0.5) is 10.1 Å². The van der Waals surface area contributed by atoms with Crippen LogP contribution in [0.2, 0.25) is 0 Å². The maximum Gasteiger partial charge on any atom is 0.303 e. The van der Waals surface area contributed by atoms with Gasteiger partial charge in [-0.15, -0.1) is 0 Å². The van der Waals surface area contributed by atoms with Crippen molar-refractivity contribution in [2.24, 2.45) is 0 Å². The van der Waals surface area contributed by atoms with E-state index in [-0.39, 0.29) is 23.8 Å². The smallest absolute Gasteiger partial charge is 0.303 e. The first-order valence-corrected chi connectivity index (χ1v) is 9.45. The predicted octanol–water partition coefficient (Wildman–Crippen LogP) is 2.99. The van der Waals surface area contributed by atoms with Crippen molar-refractivity contribution in [1.29, 1.82) is 0 Å². The molecule has 2 aromatic rings. The normalized spacial score (nSPS) is 16.4. The van der Waals surface area contributed by atoms with Crippen LogP contribution in [0.5, 0.6) is 5.75 Å². The van der Waals surface area contributed by atoms with E-state index < -0.39 is 21.8 Å². The number of halogens is 1. The van der Waals surface area contributed by atoms with Gasteiger partial charge in [0.15, 0.2) is 0 Å². The van der Waals surface area contributed by atoms with Gasteiger partial charge in [0.05, 0.1) is 17.7 Å². The molecule has 138 valence electrons. The zero-order chi connectivity index (χ0) is 18.9. The number of carboxylic acids is 1. The average Bonchev–Trinajstić information content (AvgIpc) is 2.98. The van der Waals surface area contributed by atoms with Gasteiger partial charge in [0.2, 0.25) is 0 Å². The first-order chi connectivity index (χ1) is 12.3. The van der Waals surface area contributed by atoms with Crippen LogP contribution in [0.1, 0.15) is 24.3 Å². The highest BCUT2D eigenvalue weighted by molar-refractivity contribution is 7.92. The van der Waals surface area contributed by atoms with Crippen molar-refractivity contribution >= 4 is 21.7 Å². The van der Waals surface area contributed by atoms with Gasteiger partial charge in [-0.05, 0) is 48.4 Å². The van der Waals surface area contributed by atoms with E-state index in [9.17, 15) is 17.6 Å². The SMILES string of the molecule is COc1ccc2c(c1)C(CCC(=O)O)CN2S(=O)(=O)c1cccc(F)c1. The number of sulfonamides is 1. The number of hydrogen-bond acceptors (Lipinski definition) is 4. The van der Waals surface area contributed by atoms with Gasteiger partial charge in [-0.3, -0.25) is 9.10 Å². The summed E-state index contributed by atoms with van der Waals surface area (Å²) < 4.78 is 45.9. The van der Waals surface area contributed by atoms with Crippen molar-refractivity contribution in [2.45, 2.75) is 23.7 Å². The van der Waals surface area contributed by atoms with Gasteiger partial charge < -0.3 is 9.84 Å². The number of ether oxygens (including phenoxy) is 1. The molecule has 6 nitrogen and oxygen atoms in total. The van der Waals surface area contributed by atoms with Crippen molar-refractivity contribution in [2.75, 3.05) is 18.0 Å². The van der Waals surface area contributed by atoms with Crippen molar-refractivity contribution in [3.8, 4) is 5.75 Å². The monoisotopic (exact) mass is 379 g/mol. The number of rotatable bonds is 6. The lowest BCUT2D eigenvalue weighted by Gasteiger charge is -2.20. The number of hydrogen-bond donors (Lipinski definition) is 1. The minimum Gasteiger partial charge on any atom is -0.497 e. The Morgan fingerprint density at radius 2 is 2.08 bits per heavy atom. The van der Waals surface area contributed by atoms with Crippen LogP contribution in [0.25, 0.3) is 0 Å². The number of nitrogens with zero attached hydrogens (tertiary/aromatic N) is 1. The molecule has 8 heteroatoms. The van der Waals surface area contributed by atoms with Crippen LogP contribution in [-0.2, 0) is 14.8 Å². The molecule has 1 atom stereocenters. The zero-order valence-electron chi connectivity index (χ0n) is 14.1. The maximum absolute atomic E-state index is 13.5. The maximum atomic E-state index is 13.5. The third kappa shape index (κ3) is 3.37. The lowest BCUT2D eigenvalue weighted by molar-refractivity contribution is -0.137. The Bertz CT molecular complexity index is 944. The van der Waals surface area contributed by atoms with Gasteiger partial charge in [0.25, 0.3) is 10.0 Å². The van der Waals surface area contributed by atoms with Crippen molar-refractivity contribution in [3.63, 3.8) is 0 Å². The van der Waals surface area contributed by atoms with Gasteiger partial charge in [-0.2, -0.15) is 0 Å². The van der Waals surface area contributed by atoms with Gasteiger partial charge >= 0.3 is 5.97 Å². The second kappa shape index (κ2) is 6.95. The molecule has 0 radical (unpaired) electrons. The first-order valence-electron chi connectivity index (χ1n) is 8.01. The zero-order valence-corrected chi connectivity index (χ0v) is 14.9. The largest absolute Gasteiger partial charge is 0.497 e. The molecule has 0 aromatic heterocycles. The Morgan fingerprint density at radius 3 is 2.73 bits per heavy atom. The molecular weight excluding hydrogens is 361 g/mol. The van der Waals surface area contributed by atoms with Crippen molar-refractivity contribution in [3.05, 3.63) is 53.8 Å². The average molecular weight is 379 g/mol. The van der Waals surface area contributed by atoms with Crippen molar-refractivity contribution < 1.29 is 27.4 Å².